The zero-order chi connectivity index (χ0) is 14.2. The molecule has 110 valence electrons. The van der Waals surface area contributed by atoms with E-state index in [0.717, 1.165) is 13.0 Å². The normalized spacial score (nSPS) is 11.3. The fourth-order valence-corrected chi connectivity index (χ4v) is 3.20. The van der Waals surface area contributed by atoms with Crippen molar-refractivity contribution in [1.82, 2.24) is 0 Å². The van der Waals surface area contributed by atoms with E-state index in [1.54, 1.807) is 11.3 Å². The molecule has 3 nitrogen and oxygen atoms in total. The molecule has 2 aromatic rings. The lowest BCUT2D eigenvalue weighted by Gasteiger charge is -2.06. The Morgan fingerprint density at radius 1 is 1.10 bits per heavy atom. The molecule has 0 aliphatic heterocycles. The van der Waals surface area contributed by atoms with Crippen molar-refractivity contribution >= 4 is 21.4 Å². The van der Waals surface area contributed by atoms with E-state index in [0.29, 0.717) is 26.4 Å². The molecule has 20 heavy (non-hydrogen) atoms. The van der Waals surface area contributed by atoms with Crippen molar-refractivity contribution in [2.45, 2.75) is 32.9 Å². The summed E-state index contributed by atoms with van der Waals surface area (Å²) in [5.74, 6) is 0. The molecule has 2 N–H and O–H groups in total. The number of hydrogen-bond acceptors (Lipinski definition) is 4. The lowest BCUT2D eigenvalue weighted by molar-refractivity contribution is 0.0399. The van der Waals surface area contributed by atoms with Gasteiger partial charge in [0.25, 0.3) is 0 Å². The van der Waals surface area contributed by atoms with Crippen LogP contribution in [0, 0.1) is 0 Å². The van der Waals surface area contributed by atoms with Crippen LogP contribution in [0.5, 0.6) is 0 Å². The van der Waals surface area contributed by atoms with Gasteiger partial charge >= 0.3 is 0 Å². The van der Waals surface area contributed by atoms with Gasteiger partial charge < -0.3 is 15.2 Å². The number of nitrogens with two attached hydrogens (primary N) is 1. The summed E-state index contributed by atoms with van der Waals surface area (Å²) in [4.78, 5) is 1.22. The van der Waals surface area contributed by atoms with E-state index in [-0.39, 0.29) is 0 Å². The van der Waals surface area contributed by atoms with Gasteiger partial charge in [-0.25, -0.2) is 0 Å². The van der Waals surface area contributed by atoms with Gasteiger partial charge in [0.05, 0.1) is 19.8 Å². The first-order valence-electron chi connectivity index (χ1n) is 7.21. The third kappa shape index (κ3) is 4.03. The smallest absolute Gasteiger partial charge is 0.0735 e. The minimum absolute atomic E-state index is 0.574. The minimum atomic E-state index is 0.574. The molecular weight excluding hydrogens is 270 g/mol. The lowest BCUT2D eigenvalue weighted by Crippen LogP contribution is -2.06. The number of benzene rings is 1. The first-order valence-corrected chi connectivity index (χ1v) is 8.03. The molecule has 0 aliphatic carbocycles. The SMILES string of the molecule is CCCCOCCOCc1c(CN)sc2ccccc12. The van der Waals surface area contributed by atoms with Gasteiger partial charge in [0.1, 0.15) is 0 Å². The monoisotopic (exact) mass is 293 g/mol. The molecule has 0 radical (unpaired) electrons. The molecule has 1 aromatic carbocycles. The van der Waals surface area contributed by atoms with Crippen molar-refractivity contribution in [1.29, 1.82) is 0 Å². The molecule has 0 saturated carbocycles. The van der Waals surface area contributed by atoms with Crippen molar-refractivity contribution < 1.29 is 9.47 Å². The summed E-state index contributed by atoms with van der Waals surface area (Å²) in [6.07, 6.45) is 2.29. The molecule has 0 amide bonds. The van der Waals surface area contributed by atoms with Gasteiger partial charge in [-0.2, -0.15) is 0 Å². The Kier molecular flexibility index (Phi) is 6.47. The van der Waals surface area contributed by atoms with E-state index in [1.165, 1.54) is 26.9 Å². The van der Waals surface area contributed by atoms with Gasteiger partial charge in [-0.3, -0.25) is 0 Å². The van der Waals surface area contributed by atoms with Crippen LogP contribution in [0.25, 0.3) is 10.1 Å². The number of thiophene rings is 1. The van der Waals surface area contributed by atoms with Crippen LogP contribution in [0.1, 0.15) is 30.2 Å². The van der Waals surface area contributed by atoms with Crippen molar-refractivity contribution in [2.24, 2.45) is 5.73 Å². The number of fused-ring (bicyclic) bond motifs is 1. The third-order valence-corrected chi connectivity index (χ3v) is 4.46. The van der Waals surface area contributed by atoms with E-state index in [9.17, 15) is 0 Å². The van der Waals surface area contributed by atoms with E-state index >= 15 is 0 Å². The summed E-state index contributed by atoms with van der Waals surface area (Å²) in [6, 6.07) is 8.40. The molecule has 1 aromatic heterocycles. The Morgan fingerprint density at radius 2 is 1.90 bits per heavy atom. The predicted molar refractivity (Wildman–Crippen MR) is 85.1 cm³/mol. The summed E-state index contributed by atoms with van der Waals surface area (Å²) in [6.45, 7) is 5.49. The summed E-state index contributed by atoms with van der Waals surface area (Å²) < 4.78 is 12.5. The summed E-state index contributed by atoms with van der Waals surface area (Å²) in [5.41, 5.74) is 7.07. The first kappa shape index (κ1) is 15.4. The van der Waals surface area contributed by atoms with Gasteiger partial charge in [0.15, 0.2) is 0 Å². The van der Waals surface area contributed by atoms with E-state index in [4.69, 9.17) is 15.2 Å². The van der Waals surface area contributed by atoms with Crippen LogP contribution < -0.4 is 5.73 Å². The Bertz CT molecular complexity index is 524. The molecule has 0 atom stereocenters. The van der Waals surface area contributed by atoms with Crippen molar-refractivity contribution in [2.75, 3.05) is 19.8 Å². The Balaban J connectivity index is 1.86. The molecule has 0 aliphatic rings. The molecule has 2 rings (SSSR count). The van der Waals surface area contributed by atoms with Crippen LogP contribution in [-0.2, 0) is 22.6 Å². The van der Waals surface area contributed by atoms with Gasteiger partial charge in [-0.05, 0) is 17.9 Å². The average Bonchev–Trinajstić information content (AvgIpc) is 2.84. The highest BCUT2D eigenvalue weighted by atomic mass is 32.1. The Labute approximate surface area is 124 Å². The molecule has 1 heterocycles. The van der Waals surface area contributed by atoms with Gasteiger partial charge in [-0.1, -0.05) is 31.5 Å². The van der Waals surface area contributed by atoms with Crippen LogP contribution in [0.3, 0.4) is 0 Å². The predicted octanol–water partition coefficient (Wildman–Crippen LogP) is 3.69. The molecule has 0 saturated heterocycles. The summed E-state index contributed by atoms with van der Waals surface area (Å²) >= 11 is 1.76. The average molecular weight is 293 g/mol. The van der Waals surface area contributed by atoms with E-state index in [2.05, 4.69) is 31.2 Å². The van der Waals surface area contributed by atoms with Crippen LogP contribution in [-0.4, -0.2) is 19.8 Å². The number of ether oxygens (including phenoxy) is 2. The van der Waals surface area contributed by atoms with Crippen LogP contribution in [0.2, 0.25) is 0 Å². The zero-order valence-corrected chi connectivity index (χ0v) is 12.9. The maximum Gasteiger partial charge on any atom is 0.0735 e. The quantitative estimate of drug-likeness (QED) is 0.717. The van der Waals surface area contributed by atoms with Crippen molar-refractivity contribution in [3.63, 3.8) is 0 Å². The first-order chi connectivity index (χ1) is 9.86. The Morgan fingerprint density at radius 3 is 2.70 bits per heavy atom. The topological polar surface area (TPSA) is 44.5 Å². The number of hydrogen-bond donors (Lipinski definition) is 1. The number of unbranched alkanes of at least 4 members (excludes halogenated alkanes) is 1. The fourth-order valence-electron chi connectivity index (χ4n) is 2.11. The molecule has 0 spiro atoms. The molecule has 0 fully saturated rings. The van der Waals surface area contributed by atoms with E-state index in [1.807, 2.05) is 0 Å². The molecule has 0 bridgehead atoms. The fraction of sp³-hybridized carbons (Fsp3) is 0.500. The maximum absolute atomic E-state index is 5.83. The number of rotatable bonds is 9. The van der Waals surface area contributed by atoms with Crippen molar-refractivity contribution in [3.05, 3.63) is 34.7 Å². The van der Waals surface area contributed by atoms with Gasteiger partial charge in [0.2, 0.25) is 0 Å². The van der Waals surface area contributed by atoms with Crippen LogP contribution in [0.15, 0.2) is 24.3 Å². The highest BCUT2D eigenvalue weighted by molar-refractivity contribution is 7.19. The second kappa shape index (κ2) is 8.37. The standard InChI is InChI=1S/C16H23NO2S/c1-2-3-8-18-9-10-19-12-14-13-6-4-5-7-15(13)20-16(14)11-17/h4-7H,2-3,8-12,17H2,1H3. The van der Waals surface area contributed by atoms with Crippen LogP contribution in [0.4, 0.5) is 0 Å². The van der Waals surface area contributed by atoms with E-state index < -0.39 is 0 Å². The van der Waals surface area contributed by atoms with Crippen LogP contribution >= 0.6 is 11.3 Å². The third-order valence-electron chi connectivity index (χ3n) is 3.23. The zero-order valence-electron chi connectivity index (χ0n) is 12.1. The molecule has 4 heteroatoms. The van der Waals surface area contributed by atoms with Gasteiger partial charge in [-0.15, -0.1) is 11.3 Å². The van der Waals surface area contributed by atoms with Gasteiger partial charge in [0, 0.05) is 28.3 Å². The van der Waals surface area contributed by atoms with Crippen molar-refractivity contribution in [3.8, 4) is 0 Å². The highest BCUT2D eigenvalue weighted by Crippen LogP contribution is 2.31. The minimum Gasteiger partial charge on any atom is -0.379 e. The largest absolute Gasteiger partial charge is 0.379 e. The lowest BCUT2D eigenvalue weighted by atomic mass is 10.1. The molecular formula is C16H23NO2S. The second-order valence-electron chi connectivity index (χ2n) is 4.72. The summed E-state index contributed by atoms with van der Waals surface area (Å²) in [7, 11) is 0. The second-order valence-corrected chi connectivity index (χ2v) is 5.86. The summed E-state index contributed by atoms with van der Waals surface area (Å²) in [5, 5.41) is 1.27. The Hall–Kier alpha value is -0.940. The maximum atomic E-state index is 5.83. The molecule has 0 unspecified atom stereocenters. The highest BCUT2D eigenvalue weighted by Gasteiger charge is 2.10.